The highest BCUT2D eigenvalue weighted by atomic mass is 16.2. The van der Waals surface area contributed by atoms with Crippen LogP contribution in [0.15, 0.2) is 48.7 Å². The molecule has 1 fully saturated rings. The largest absolute Gasteiger partial charge is 0.399 e. The molecule has 0 bridgehead atoms. The Bertz CT molecular complexity index is 666. The van der Waals surface area contributed by atoms with Crippen LogP contribution in [0, 0.1) is 0 Å². The molecule has 1 saturated heterocycles. The molecule has 2 aromatic rings. The first-order chi connectivity index (χ1) is 11.7. The molecule has 0 aliphatic carbocycles. The lowest BCUT2D eigenvalue weighted by atomic mass is 10.0. The molecule has 1 aromatic heterocycles. The van der Waals surface area contributed by atoms with Crippen molar-refractivity contribution in [2.45, 2.75) is 31.8 Å². The fourth-order valence-corrected chi connectivity index (χ4v) is 3.18. The summed E-state index contributed by atoms with van der Waals surface area (Å²) in [6.07, 6.45) is 4.81. The molecule has 1 atom stereocenters. The molecule has 1 amide bonds. The Labute approximate surface area is 142 Å². The Kier molecular flexibility index (Phi) is 5.43. The summed E-state index contributed by atoms with van der Waals surface area (Å²) >= 11 is 0. The zero-order valence-electron chi connectivity index (χ0n) is 13.8. The number of aromatic nitrogens is 1. The van der Waals surface area contributed by atoms with Crippen molar-refractivity contribution in [3.8, 4) is 0 Å². The molecule has 5 nitrogen and oxygen atoms in total. The van der Waals surface area contributed by atoms with Gasteiger partial charge in [-0.25, -0.2) is 0 Å². The second kappa shape index (κ2) is 7.93. The van der Waals surface area contributed by atoms with Crippen LogP contribution in [0.3, 0.4) is 0 Å². The summed E-state index contributed by atoms with van der Waals surface area (Å²) in [6, 6.07) is 13.3. The lowest BCUT2D eigenvalue weighted by Gasteiger charge is -2.31. The van der Waals surface area contributed by atoms with Gasteiger partial charge >= 0.3 is 0 Å². The Morgan fingerprint density at radius 3 is 2.92 bits per heavy atom. The highest BCUT2D eigenvalue weighted by Gasteiger charge is 2.26. The average Bonchev–Trinajstić information content (AvgIpc) is 2.89. The third-order valence-electron chi connectivity index (χ3n) is 4.44. The van der Waals surface area contributed by atoms with E-state index in [1.807, 2.05) is 35.2 Å². The number of nitrogens with one attached hydrogen (secondary N) is 1. The minimum absolute atomic E-state index is 0.0276. The van der Waals surface area contributed by atoms with E-state index in [0.29, 0.717) is 17.8 Å². The van der Waals surface area contributed by atoms with Crippen molar-refractivity contribution in [3.63, 3.8) is 0 Å². The van der Waals surface area contributed by atoms with Crippen LogP contribution in [-0.2, 0) is 6.54 Å². The van der Waals surface area contributed by atoms with Gasteiger partial charge in [0.2, 0.25) is 0 Å². The number of nitrogens with zero attached hydrogens (tertiary/aromatic N) is 2. The Morgan fingerprint density at radius 2 is 2.12 bits per heavy atom. The van der Waals surface area contributed by atoms with Crippen molar-refractivity contribution >= 4 is 11.6 Å². The van der Waals surface area contributed by atoms with Crippen molar-refractivity contribution in [1.82, 2.24) is 15.2 Å². The molecule has 1 aliphatic heterocycles. The zero-order valence-corrected chi connectivity index (χ0v) is 13.8. The number of hydrogen-bond acceptors (Lipinski definition) is 4. The first-order valence-corrected chi connectivity index (χ1v) is 8.51. The van der Waals surface area contributed by atoms with Crippen molar-refractivity contribution < 1.29 is 4.79 Å². The number of anilines is 1. The molecule has 24 heavy (non-hydrogen) atoms. The number of amides is 1. The minimum Gasteiger partial charge on any atom is -0.399 e. The second-order valence-corrected chi connectivity index (χ2v) is 6.21. The third-order valence-corrected chi connectivity index (χ3v) is 4.44. The van der Waals surface area contributed by atoms with Crippen LogP contribution in [0.2, 0.25) is 0 Å². The summed E-state index contributed by atoms with van der Waals surface area (Å²) in [5, 5.41) is 3.41. The summed E-state index contributed by atoms with van der Waals surface area (Å²) in [7, 11) is 0. The Hall–Kier alpha value is -2.40. The van der Waals surface area contributed by atoms with Gasteiger partial charge in [-0.15, -0.1) is 0 Å². The lowest BCUT2D eigenvalue weighted by molar-refractivity contribution is 0.0642. The van der Waals surface area contributed by atoms with Gasteiger partial charge in [0.15, 0.2) is 0 Å². The molecular weight excluding hydrogens is 300 g/mol. The normalized spacial score (nSPS) is 17.9. The van der Waals surface area contributed by atoms with Crippen LogP contribution < -0.4 is 11.1 Å². The number of nitrogens with two attached hydrogens (primary N) is 1. The smallest absolute Gasteiger partial charge is 0.254 e. The SMILES string of the molecule is Nc1cccc(C(=O)N(Cc2ccccn2)C2CCCNCC2)c1. The zero-order chi connectivity index (χ0) is 16.8. The van der Waals surface area contributed by atoms with E-state index in [9.17, 15) is 4.79 Å². The van der Waals surface area contributed by atoms with E-state index in [4.69, 9.17) is 5.73 Å². The summed E-state index contributed by atoms with van der Waals surface area (Å²) < 4.78 is 0. The predicted molar refractivity (Wildman–Crippen MR) is 95.5 cm³/mol. The highest BCUT2D eigenvalue weighted by molar-refractivity contribution is 5.95. The fourth-order valence-electron chi connectivity index (χ4n) is 3.18. The maximum atomic E-state index is 13.1. The number of carbonyl (C=O) groups is 1. The quantitative estimate of drug-likeness (QED) is 0.848. The van der Waals surface area contributed by atoms with Crippen LogP contribution in [0.1, 0.15) is 35.3 Å². The summed E-state index contributed by atoms with van der Waals surface area (Å²) in [6.45, 7) is 2.48. The van der Waals surface area contributed by atoms with Gasteiger partial charge in [-0.05, 0) is 62.7 Å². The van der Waals surface area contributed by atoms with E-state index < -0.39 is 0 Å². The molecule has 126 valence electrons. The van der Waals surface area contributed by atoms with E-state index in [-0.39, 0.29) is 11.9 Å². The van der Waals surface area contributed by atoms with Gasteiger partial charge < -0.3 is 16.0 Å². The Morgan fingerprint density at radius 1 is 1.21 bits per heavy atom. The molecule has 5 heteroatoms. The van der Waals surface area contributed by atoms with Gasteiger partial charge in [0.05, 0.1) is 12.2 Å². The van der Waals surface area contributed by atoms with Crippen LogP contribution >= 0.6 is 0 Å². The molecule has 0 spiro atoms. The van der Waals surface area contributed by atoms with E-state index in [0.717, 1.165) is 38.0 Å². The van der Waals surface area contributed by atoms with Crippen LogP contribution in [0.25, 0.3) is 0 Å². The number of hydrogen-bond donors (Lipinski definition) is 2. The Balaban J connectivity index is 1.86. The maximum Gasteiger partial charge on any atom is 0.254 e. The predicted octanol–water partition coefficient (Wildman–Crippen LogP) is 2.45. The van der Waals surface area contributed by atoms with Crippen LogP contribution in [0.4, 0.5) is 5.69 Å². The van der Waals surface area contributed by atoms with E-state index in [1.54, 1.807) is 18.3 Å². The van der Waals surface area contributed by atoms with Crippen molar-refractivity contribution in [1.29, 1.82) is 0 Å². The van der Waals surface area contributed by atoms with Gasteiger partial charge in [0, 0.05) is 23.5 Å². The molecule has 0 saturated carbocycles. The average molecular weight is 324 g/mol. The molecule has 3 rings (SSSR count). The van der Waals surface area contributed by atoms with Gasteiger partial charge in [-0.3, -0.25) is 9.78 Å². The highest BCUT2D eigenvalue weighted by Crippen LogP contribution is 2.20. The van der Waals surface area contributed by atoms with Gasteiger partial charge in [-0.1, -0.05) is 12.1 Å². The second-order valence-electron chi connectivity index (χ2n) is 6.21. The number of nitrogen functional groups attached to an aromatic ring is 1. The number of pyridine rings is 1. The van der Waals surface area contributed by atoms with Crippen molar-refractivity contribution in [2.24, 2.45) is 0 Å². The van der Waals surface area contributed by atoms with Crippen LogP contribution in [0.5, 0.6) is 0 Å². The maximum absolute atomic E-state index is 13.1. The summed E-state index contributed by atoms with van der Waals surface area (Å²) in [5.74, 6) is 0.0276. The molecule has 1 aliphatic rings. The molecule has 2 heterocycles. The van der Waals surface area contributed by atoms with E-state index >= 15 is 0 Å². The van der Waals surface area contributed by atoms with E-state index in [1.165, 1.54) is 0 Å². The summed E-state index contributed by atoms with van der Waals surface area (Å²) in [5.41, 5.74) is 8.02. The van der Waals surface area contributed by atoms with Gasteiger partial charge in [0.1, 0.15) is 0 Å². The molecule has 3 N–H and O–H groups in total. The van der Waals surface area contributed by atoms with Crippen LogP contribution in [-0.4, -0.2) is 34.9 Å². The monoisotopic (exact) mass is 324 g/mol. The fraction of sp³-hybridized carbons (Fsp3) is 0.368. The van der Waals surface area contributed by atoms with Gasteiger partial charge in [0.25, 0.3) is 5.91 Å². The molecule has 1 unspecified atom stereocenters. The summed E-state index contributed by atoms with van der Waals surface area (Å²) in [4.78, 5) is 19.5. The van der Waals surface area contributed by atoms with Crippen molar-refractivity contribution in [3.05, 3.63) is 59.9 Å². The minimum atomic E-state index is 0.0276. The topological polar surface area (TPSA) is 71.2 Å². The third kappa shape index (κ3) is 4.11. The first-order valence-electron chi connectivity index (χ1n) is 8.51. The standard InChI is InChI=1S/C19H24N4O/c20-16-6-3-5-15(13-16)19(24)23(14-17-7-1-2-11-22-17)18-8-4-10-21-12-9-18/h1-3,5-7,11,13,18,21H,4,8-10,12,14,20H2. The van der Waals surface area contributed by atoms with Gasteiger partial charge in [-0.2, -0.15) is 0 Å². The number of rotatable bonds is 4. The molecule has 1 aromatic carbocycles. The molecular formula is C19H24N4O. The van der Waals surface area contributed by atoms with Crippen molar-refractivity contribution in [2.75, 3.05) is 18.8 Å². The lowest BCUT2D eigenvalue weighted by Crippen LogP contribution is -2.40. The number of benzene rings is 1. The number of carbonyl (C=O) groups excluding carboxylic acids is 1. The first kappa shape index (κ1) is 16.5. The van der Waals surface area contributed by atoms with E-state index in [2.05, 4.69) is 10.3 Å². The molecule has 0 radical (unpaired) electrons.